The van der Waals surface area contributed by atoms with E-state index >= 15 is 0 Å². The number of benzene rings is 3. The van der Waals surface area contributed by atoms with Gasteiger partial charge in [0.25, 0.3) is 0 Å². The predicted octanol–water partition coefficient (Wildman–Crippen LogP) is 9.91. The van der Waals surface area contributed by atoms with Gasteiger partial charge in [0, 0.05) is 49.3 Å². The minimum atomic E-state index is -4.48. The molecule has 4 amide bonds. The van der Waals surface area contributed by atoms with Gasteiger partial charge in [-0.25, -0.2) is 19.6 Å². The van der Waals surface area contributed by atoms with Gasteiger partial charge in [0.15, 0.2) is 0 Å². The molecule has 0 radical (unpaired) electrons. The lowest BCUT2D eigenvalue weighted by molar-refractivity contribution is -0.139. The van der Waals surface area contributed by atoms with Crippen LogP contribution in [0.5, 0.6) is 0 Å². The number of likely N-dealkylation sites (N-methyl/N-ethyl adjacent to an activating group) is 1. The van der Waals surface area contributed by atoms with Crippen LogP contribution in [0.15, 0.2) is 85.2 Å². The van der Waals surface area contributed by atoms with Crippen LogP contribution in [0.3, 0.4) is 0 Å². The van der Waals surface area contributed by atoms with Gasteiger partial charge in [-0.15, -0.1) is 0 Å². The molecule has 3 aliphatic rings. The summed E-state index contributed by atoms with van der Waals surface area (Å²) < 4.78 is 46.0. The van der Waals surface area contributed by atoms with E-state index in [0.29, 0.717) is 54.7 Å². The Bertz CT molecular complexity index is 2610. The Labute approximate surface area is 399 Å². The molecule has 3 aromatic carbocycles. The van der Waals surface area contributed by atoms with E-state index < -0.39 is 36.0 Å². The van der Waals surface area contributed by atoms with Crippen LogP contribution in [-0.2, 0) is 20.5 Å². The number of imidazole rings is 2. The van der Waals surface area contributed by atoms with Gasteiger partial charge in [-0.05, 0) is 85.8 Å². The highest BCUT2D eigenvalue weighted by Crippen LogP contribution is 2.48. The van der Waals surface area contributed by atoms with Crippen LogP contribution in [0.4, 0.5) is 28.4 Å². The predicted molar refractivity (Wildman–Crippen MR) is 253 cm³/mol. The van der Waals surface area contributed by atoms with Gasteiger partial charge < -0.3 is 39.8 Å². The summed E-state index contributed by atoms with van der Waals surface area (Å²) in [7, 11) is 2.69. The fourth-order valence-electron chi connectivity index (χ4n) is 10.4. The molecule has 18 heteroatoms. The standard InChI is InChI=1S/C51H60F3N9O6/c1-29(2)43(59-49(66)69-6)47(64)61-25-7-9-41(61)45-55-27-37(57-45)31-11-15-33(16-12-31)39-23-24-40(63(39)36-21-19-35(20-22-36)51(52,53)54)34-17-13-32(14-18-34)38-28-56-46(58-38)42-10-8-26-62(42)48(65)44(30(3)4)60(5)50(67)68/h11-22,27-30,39-44H,7-10,23-26H2,1-6H3,(H,55,57)(H,56,58)(H,59,66)(H,67,68)/t39-,40-,41+,42+,43+,44+/m1/s1. The topological polar surface area (TPSA) is 180 Å². The average molecular weight is 952 g/mol. The second-order valence-electron chi connectivity index (χ2n) is 19.0. The van der Waals surface area contributed by atoms with Crippen molar-refractivity contribution >= 4 is 29.7 Å². The molecule has 0 unspecified atom stereocenters. The lowest BCUT2D eigenvalue weighted by Crippen LogP contribution is -2.51. The number of carbonyl (C=O) groups is 4. The molecule has 3 fully saturated rings. The molecule has 2 aromatic heterocycles. The Morgan fingerprint density at radius 2 is 1.19 bits per heavy atom. The molecule has 0 saturated carbocycles. The zero-order valence-electron chi connectivity index (χ0n) is 39.7. The molecule has 15 nitrogen and oxygen atoms in total. The van der Waals surface area contributed by atoms with Crippen molar-refractivity contribution in [2.75, 3.05) is 32.1 Å². The molecule has 69 heavy (non-hydrogen) atoms. The first kappa shape index (κ1) is 48.6. The number of hydrogen-bond acceptors (Lipinski definition) is 8. The number of hydrogen-bond donors (Lipinski definition) is 4. The highest BCUT2D eigenvalue weighted by atomic mass is 19.4. The van der Waals surface area contributed by atoms with Crippen LogP contribution in [0, 0.1) is 11.8 Å². The van der Waals surface area contributed by atoms with Crippen molar-refractivity contribution in [2.45, 2.75) is 109 Å². The lowest BCUT2D eigenvalue weighted by atomic mass is 10.0. The Morgan fingerprint density at radius 3 is 1.61 bits per heavy atom. The van der Waals surface area contributed by atoms with Crippen molar-refractivity contribution in [1.82, 2.24) is 40.0 Å². The van der Waals surface area contributed by atoms with Crippen molar-refractivity contribution in [3.05, 3.63) is 114 Å². The second kappa shape index (κ2) is 20.0. The minimum Gasteiger partial charge on any atom is -0.465 e. The molecular weight excluding hydrogens is 892 g/mol. The molecule has 5 heterocycles. The van der Waals surface area contributed by atoms with Crippen LogP contribution in [0.25, 0.3) is 22.5 Å². The summed E-state index contributed by atoms with van der Waals surface area (Å²) >= 11 is 0. The van der Waals surface area contributed by atoms with Crippen molar-refractivity contribution in [1.29, 1.82) is 0 Å². The number of aromatic nitrogens is 4. The normalized spacial score (nSPS) is 20.4. The summed E-state index contributed by atoms with van der Waals surface area (Å²) in [6.07, 6.45) is 1.77. The number of alkyl carbamates (subject to hydrolysis) is 1. The molecule has 3 aliphatic heterocycles. The summed E-state index contributed by atoms with van der Waals surface area (Å²) in [4.78, 5) is 74.5. The van der Waals surface area contributed by atoms with Crippen molar-refractivity contribution < 1.29 is 42.2 Å². The summed E-state index contributed by atoms with van der Waals surface area (Å²) in [5.41, 5.74) is 5.03. The second-order valence-corrected chi connectivity index (χ2v) is 19.0. The SMILES string of the molecule is COC(=O)N[C@H](C(=O)N1CCC[C@H]1c1nc(-c2ccc([C@H]3CC[C@H](c4ccc(-c5c[nH]c([C@@H]6CCCN6C(=O)[C@H](C(C)C)N(C)C(=O)O)n5)cc4)N3c3ccc(C(F)(F)F)cc3)cc2)c[nH]1)C(C)C. The van der Waals surface area contributed by atoms with Crippen LogP contribution in [0.2, 0.25) is 0 Å². The number of nitrogens with zero attached hydrogens (tertiary/aromatic N) is 6. The van der Waals surface area contributed by atoms with E-state index in [4.69, 9.17) is 14.7 Å². The smallest absolute Gasteiger partial charge is 0.416 e. The molecule has 5 aromatic rings. The summed E-state index contributed by atoms with van der Waals surface area (Å²) in [5.74, 6) is 0.464. The third-order valence-corrected chi connectivity index (χ3v) is 14.0. The highest BCUT2D eigenvalue weighted by Gasteiger charge is 2.41. The van der Waals surface area contributed by atoms with E-state index in [9.17, 15) is 37.5 Å². The van der Waals surface area contributed by atoms with Gasteiger partial charge in [0.05, 0.1) is 48.2 Å². The molecule has 4 N–H and O–H groups in total. The molecular formula is C51H60F3N9O6. The Kier molecular flexibility index (Phi) is 14.1. The van der Waals surface area contributed by atoms with Crippen molar-refractivity contribution in [3.63, 3.8) is 0 Å². The largest absolute Gasteiger partial charge is 0.465 e. The van der Waals surface area contributed by atoms with Crippen LogP contribution >= 0.6 is 0 Å². The van der Waals surface area contributed by atoms with E-state index in [0.717, 1.165) is 65.0 Å². The summed E-state index contributed by atoms with van der Waals surface area (Å²) in [6, 6.07) is 18.9. The maximum atomic E-state index is 13.8. The Balaban J connectivity index is 1.01. The first-order chi connectivity index (χ1) is 32.9. The minimum absolute atomic E-state index is 0.155. The number of nitrogens with one attached hydrogen (secondary N) is 3. The fraction of sp³-hybridized carbons (Fsp3) is 0.451. The number of amides is 4. The van der Waals surface area contributed by atoms with Gasteiger partial charge in [0.2, 0.25) is 11.8 Å². The first-order valence-corrected chi connectivity index (χ1v) is 23.6. The first-order valence-electron chi connectivity index (χ1n) is 23.6. The maximum Gasteiger partial charge on any atom is 0.416 e. The molecule has 0 bridgehead atoms. The number of halogens is 3. The zero-order chi connectivity index (χ0) is 49.3. The number of ether oxygens (including phenoxy) is 1. The van der Waals surface area contributed by atoms with E-state index in [-0.39, 0.29) is 47.8 Å². The Morgan fingerprint density at radius 1 is 0.710 bits per heavy atom. The van der Waals surface area contributed by atoms with Crippen molar-refractivity contribution in [3.8, 4) is 22.5 Å². The van der Waals surface area contributed by atoms with E-state index in [2.05, 4.69) is 20.2 Å². The molecule has 3 saturated heterocycles. The number of H-pyrrole nitrogens is 2. The van der Waals surface area contributed by atoms with Crippen LogP contribution < -0.4 is 10.2 Å². The molecule has 6 atom stereocenters. The summed E-state index contributed by atoms with van der Waals surface area (Å²) in [6.45, 7) is 8.45. The van der Waals surface area contributed by atoms with E-state index in [1.54, 1.807) is 21.9 Å². The van der Waals surface area contributed by atoms with Gasteiger partial charge >= 0.3 is 18.4 Å². The third-order valence-electron chi connectivity index (χ3n) is 14.0. The number of likely N-dealkylation sites (tertiary alicyclic amines) is 2. The number of rotatable bonds is 13. The van der Waals surface area contributed by atoms with Gasteiger partial charge in [-0.3, -0.25) is 14.5 Å². The van der Waals surface area contributed by atoms with E-state index in [1.807, 2.05) is 88.6 Å². The number of carbonyl (C=O) groups excluding carboxylic acids is 3. The maximum absolute atomic E-state index is 13.8. The fourth-order valence-corrected chi connectivity index (χ4v) is 10.4. The Hall–Kier alpha value is -6.85. The van der Waals surface area contributed by atoms with E-state index in [1.165, 1.54) is 14.2 Å². The number of methoxy groups -OCH3 is 1. The lowest BCUT2D eigenvalue weighted by Gasteiger charge is -2.33. The van der Waals surface area contributed by atoms with Crippen molar-refractivity contribution in [2.24, 2.45) is 11.8 Å². The number of aromatic amines is 2. The molecule has 0 spiro atoms. The van der Waals surface area contributed by atoms with Gasteiger partial charge in [0.1, 0.15) is 23.7 Å². The molecule has 8 rings (SSSR count). The van der Waals surface area contributed by atoms with Crippen LogP contribution in [0.1, 0.15) is 119 Å². The highest BCUT2D eigenvalue weighted by molar-refractivity contribution is 5.87. The molecule has 0 aliphatic carbocycles. The monoisotopic (exact) mass is 951 g/mol. The number of anilines is 1. The number of carboxylic acid groups (broad SMARTS) is 1. The summed E-state index contributed by atoms with van der Waals surface area (Å²) in [5, 5.41) is 12.4. The third kappa shape index (κ3) is 10.0. The van der Waals surface area contributed by atoms with Gasteiger partial charge in [-0.2, -0.15) is 13.2 Å². The number of alkyl halides is 3. The molecule has 366 valence electrons. The van der Waals surface area contributed by atoms with Gasteiger partial charge in [-0.1, -0.05) is 76.2 Å². The quantitative estimate of drug-likeness (QED) is 0.0894. The zero-order valence-corrected chi connectivity index (χ0v) is 39.7. The van der Waals surface area contributed by atoms with Crippen LogP contribution in [-0.4, -0.2) is 103 Å². The average Bonchev–Trinajstić information content (AvgIpc) is 4.20.